The fourth-order valence-electron chi connectivity index (χ4n) is 3.37. The minimum atomic E-state index is -0.237. The third-order valence-electron chi connectivity index (χ3n) is 4.95. The molecule has 0 aliphatic carbocycles. The molecule has 1 fully saturated rings. The van der Waals surface area contributed by atoms with Crippen LogP contribution < -0.4 is 5.32 Å². The molecule has 4 nitrogen and oxygen atoms in total. The molecule has 1 unspecified atom stereocenters. The zero-order chi connectivity index (χ0) is 19.1. The van der Waals surface area contributed by atoms with Crippen molar-refractivity contribution in [3.63, 3.8) is 0 Å². The largest absolute Gasteiger partial charge is 0.356 e. The van der Waals surface area contributed by atoms with Crippen LogP contribution in [0.25, 0.3) is 0 Å². The number of hydrogen-bond donors (Lipinski definition) is 1. The zero-order valence-corrected chi connectivity index (χ0v) is 16.1. The normalized spacial score (nSPS) is 16.6. The molecule has 0 aromatic heterocycles. The third-order valence-corrected chi connectivity index (χ3v) is 5.21. The third kappa shape index (κ3) is 5.83. The minimum absolute atomic E-state index is 0.00888. The molecule has 2 amide bonds. The second-order valence-corrected chi connectivity index (χ2v) is 7.43. The molecule has 1 saturated heterocycles. The summed E-state index contributed by atoms with van der Waals surface area (Å²) in [6, 6.07) is 17.9. The number of carbonyl (C=O) groups is 2. The van der Waals surface area contributed by atoms with Gasteiger partial charge >= 0.3 is 0 Å². The van der Waals surface area contributed by atoms with Gasteiger partial charge in [0.05, 0.1) is 5.92 Å². The van der Waals surface area contributed by atoms with Crippen LogP contribution in [0.5, 0.6) is 0 Å². The standard InChI is InChI=1S/C22H25ClN2O2/c23-20-10-8-18(9-11-20)12-14-25-16-19(15-21(25)26)22(27)24-13-4-7-17-5-2-1-3-6-17/h1-3,5-6,8-11,19H,4,7,12-16H2,(H,24,27). The molecule has 0 saturated carbocycles. The van der Waals surface area contributed by atoms with E-state index in [4.69, 9.17) is 11.6 Å². The van der Waals surface area contributed by atoms with Crippen molar-refractivity contribution in [3.05, 3.63) is 70.7 Å². The highest BCUT2D eigenvalue weighted by Crippen LogP contribution is 2.19. The van der Waals surface area contributed by atoms with E-state index in [1.807, 2.05) is 42.5 Å². The lowest BCUT2D eigenvalue weighted by molar-refractivity contribution is -0.129. The first-order valence-corrected chi connectivity index (χ1v) is 9.83. The van der Waals surface area contributed by atoms with Gasteiger partial charge in [-0.15, -0.1) is 0 Å². The van der Waals surface area contributed by atoms with Gasteiger partial charge in [0.15, 0.2) is 0 Å². The number of rotatable bonds is 8. The number of amides is 2. The van der Waals surface area contributed by atoms with E-state index in [1.54, 1.807) is 4.90 Å². The molecular weight excluding hydrogens is 360 g/mol. The van der Waals surface area contributed by atoms with Crippen LogP contribution in [0.3, 0.4) is 0 Å². The van der Waals surface area contributed by atoms with Gasteiger partial charge in [-0.25, -0.2) is 0 Å². The zero-order valence-electron chi connectivity index (χ0n) is 15.4. The number of benzene rings is 2. The average molecular weight is 385 g/mol. The first-order valence-electron chi connectivity index (χ1n) is 9.45. The highest BCUT2D eigenvalue weighted by atomic mass is 35.5. The van der Waals surface area contributed by atoms with E-state index < -0.39 is 0 Å². The Morgan fingerprint density at radius 1 is 1.04 bits per heavy atom. The molecule has 0 bridgehead atoms. The molecule has 2 aromatic rings. The molecule has 1 aliphatic heterocycles. The van der Waals surface area contributed by atoms with Gasteiger partial charge in [0.1, 0.15) is 0 Å². The number of hydrogen-bond acceptors (Lipinski definition) is 2. The van der Waals surface area contributed by atoms with Gasteiger partial charge in [0, 0.05) is 31.1 Å². The Kier molecular flexibility index (Phi) is 6.88. The average Bonchev–Trinajstić information content (AvgIpc) is 3.06. The fraction of sp³-hybridized carbons (Fsp3) is 0.364. The summed E-state index contributed by atoms with van der Waals surface area (Å²) in [6.45, 7) is 1.79. The molecule has 3 rings (SSSR count). The van der Waals surface area contributed by atoms with Crippen molar-refractivity contribution in [2.75, 3.05) is 19.6 Å². The van der Waals surface area contributed by atoms with Crippen LogP contribution in [-0.2, 0) is 22.4 Å². The number of nitrogens with one attached hydrogen (secondary N) is 1. The quantitative estimate of drug-likeness (QED) is 0.708. The Morgan fingerprint density at radius 2 is 1.74 bits per heavy atom. The van der Waals surface area contributed by atoms with E-state index in [0.717, 1.165) is 24.8 Å². The van der Waals surface area contributed by atoms with Crippen molar-refractivity contribution in [1.29, 1.82) is 0 Å². The molecule has 1 aliphatic rings. The van der Waals surface area contributed by atoms with Gasteiger partial charge in [0.25, 0.3) is 0 Å². The number of likely N-dealkylation sites (tertiary alicyclic amines) is 1. The predicted octanol–water partition coefficient (Wildman–Crippen LogP) is 3.48. The molecule has 2 aromatic carbocycles. The summed E-state index contributed by atoms with van der Waals surface area (Å²) in [4.78, 5) is 26.4. The van der Waals surface area contributed by atoms with E-state index in [9.17, 15) is 9.59 Å². The Labute approximate surface area is 165 Å². The highest BCUT2D eigenvalue weighted by molar-refractivity contribution is 6.30. The van der Waals surface area contributed by atoms with Crippen molar-refractivity contribution in [2.45, 2.75) is 25.7 Å². The monoisotopic (exact) mass is 384 g/mol. The SMILES string of the molecule is O=C(NCCCc1ccccc1)C1CC(=O)N(CCc2ccc(Cl)cc2)C1. The summed E-state index contributed by atoms with van der Waals surface area (Å²) in [5, 5.41) is 3.69. The molecule has 27 heavy (non-hydrogen) atoms. The van der Waals surface area contributed by atoms with Crippen LogP contribution in [0.4, 0.5) is 0 Å². The Balaban J connectivity index is 1.38. The smallest absolute Gasteiger partial charge is 0.225 e. The van der Waals surface area contributed by atoms with Gasteiger partial charge in [0.2, 0.25) is 11.8 Å². The summed E-state index contributed by atoms with van der Waals surface area (Å²) >= 11 is 5.89. The van der Waals surface area contributed by atoms with Crippen molar-refractivity contribution in [2.24, 2.45) is 5.92 Å². The maximum absolute atomic E-state index is 12.4. The molecule has 142 valence electrons. The van der Waals surface area contributed by atoms with Crippen LogP contribution in [-0.4, -0.2) is 36.3 Å². The Morgan fingerprint density at radius 3 is 2.48 bits per heavy atom. The van der Waals surface area contributed by atoms with Crippen molar-refractivity contribution >= 4 is 23.4 Å². The highest BCUT2D eigenvalue weighted by Gasteiger charge is 2.33. The fourth-order valence-corrected chi connectivity index (χ4v) is 3.50. The van der Waals surface area contributed by atoms with Crippen LogP contribution >= 0.6 is 11.6 Å². The van der Waals surface area contributed by atoms with Crippen molar-refractivity contribution in [3.8, 4) is 0 Å². The van der Waals surface area contributed by atoms with Crippen molar-refractivity contribution in [1.82, 2.24) is 10.2 Å². The number of carbonyl (C=O) groups excluding carboxylic acids is 2. The Bertz CT molecular complexity index is 762. The van der Waals surface area contributed by atoms with Crippen LogP contribution in [0.2, 0.25) is 5.02 Å². The van der Waals surface area contributed by atoms with Crippen LogP contribution in [0.15, 0.2) is 54.6 Å². The topological polar surface area (TPSA) is 49.4 Å². The summed E-state index contributed by atoms with van der Waals surface area (Å²) in [6.07, 6.45) is 2.92. The maximum Gasteiger partial charge on any atom is 0.225 e. The molecule has 5 heteroatoms. The van der Waals surface area contributed by atoms with Crippen molar-refractivity contribution < 1.29 is 9.59 Å². The lowest BCUT2D eigenvalue weighted by Gasteiger charge is -2.16. The second kappa shape index (κ2) is 9.56. The lowest BCUT2D eigenvalue weighted by Crippen LogP contribution is -2.34. The van der Waals surface area contributed by atoms with Crippen LogP contribution in [0.1, 0.15) is 24.0 Å². The van der Waals surface area contributed by atoms with Gasteiger partial charge in [-0.2, -0.15) is 0 Å². The first kappa shape index (κ1) is 19.4. The molecule has 1 N–H and O–H groups in total. The van der Waals surface area contributed by atoms with Gasteiger partial charge in [-0.05, 0) is 42.5 Å². The molecule has 0 radical (unpaired) electrons. The number of aryl methyl sites for hydroxylation is 1. The summed E-state index contributed by atoms with van der Waals surface area (Å²) in [7, 11) is 0. The van der Waals surface area contributed by atoms with Gasteiger partial charge < -0.3 is 10.2 Å². The van der Waals surface area contributed by atoms with Gasteiger partial charge in [-0.3, -0.25) is 9.59 Å². The van der Waals surface area contributed by atoms with E-state index in [0.29, 0.717) is 31.1 Å². The van der Waals surface area contributed by atoms with E-state index >= 15 is 0 Å². The first-order chi connectivity index (χ1) is 13.1. The summed E-state index contributed by atoms with van der Waals surface area (Å²) in [5.41, 5.74) is 2.41. The predicted molar refractivity (Wildman–Crippen MR) is 108 cm³/mol. The van der Waals surface area contributed by atoms with Gasteiger partial charge in [-0.1, -0.05) is 54.1 Å². The maximum atomic E-state index is 12.4. The molecule has 0 spiro atoms. The van der Waals surface area contributed by atoms with E-state index in [2.05, 4.69) is 17.4 Å². The minimum Gasteiger partial charge on any atom is -0.356 e. The van der Waals surface area contributed by atoms with Crippen LogP contribution in [0, 0.1) is 5.92 Å². The molecule has 1 heterocycles. The van der Waals surface area contributed by atoms with E-state index in [1.165, 1.54) is 5.56 Å². The second-order valence-electron chi connectivity index (χ2n) is 7.00. The van der Waals surface area contributed by atoms with E-state index in [-0.39, 0.29) is 17.7 Å². The molecule has 1 atom stereocenters. The number of nitrogens with zero attached hydrogens (tertiary/aromatic N) is 1. The molecular formula is C22H25ClN2O2. The Hall–Kier alpha value is -2.33. The summed E-state index contributed by atoms with van der Waals surface area (Å²) in [5.74, 6) is -0.182. The lowest BCUT2D eigenvalue weighted by atomic mass is 10.1. The number of halogens is 1. The summed E-state index contributed by atoms with van der Waals surface area (Å²) < 4.78 is 0.